The molecule has 4 nitrogen and oxygen atoms in total. The third-order valence-corrected chi connectivity index (χ3v) is 6.62. The van der Waals surface area contributed by atoms with Gasteiger partial charge in [-0.05, 0) is 61.1 Å². The molecule has 168 valence electrons. The number of amides is 1. The summed E-state index contributed by atoms with van der Waals surface area (Å²) in [6.07, 6.45) is 1.06. The van der Waals surface area contributed by atoms with Crippen LogP contribution in [0.4, 0.5) is 4.39 Å². The fourth-order valence-corrected chi connectivity index (χ4v) is 4.02. The topological polar surface area (TPSA) is 32.8 Å². The lowest BCUT2D eigenvalue weighted by Crippen LogP contribution is -2.58. The Morgan fingerprint density at radius 3 is 2.29 bits per heavy atom. The second-order valence-electron chi connectivity index (χ2n) is 9.35. The molecule has 1 aliphatic rings. The normalized spacial score (nSPS) is 20.0. The van der Waals surface area contributed by atoms with Gasteiger partial charge in [-0.15, -0.1) is 0 Å². The Hall–Kier alpha value is -2.40. The molecule has 0 saturated carbocycles. The Morgan fingerprint density at radius 1 is 1.03 bits per heavy atom. The van der Waals surface area contributed by atoms with Crippen LogP contribution in [-0.2, 0) is 16.8 Å². The molecule has 0 bridgehead atoms. The fourth-order valence-electron chi connectivity index (χ4n) is 4.02. The van der Waals surface area contributed by atoms with E-state index in [4.69, 9.17) is 4.74 Å². The maximum Gasteiger partial charge on any atom is 0.260 e. The molecular weight excluding hydrogens is 391 g/mol. The molecule has 2 aromatic rings. The highest BCUT2D eigenvalue weighted by Crippen LogP contribution is 2.28. The van der Waals surface area contributed by atoms with Crippen molar-refractivity contribution in [2.24, 2.45) is 0 Å². The average molecular weight is 427 g/mol. The van der Waals surface area contributed by atoms with Gasteiger partial charge >= 0.3 is 0 Å². The maximum absolute atomic E-state index is 13.2. The van der Waals surface area contributed by atoms with Crippen LogP contribution in [-0.4, -0.2) is 47.5 Å². The van der Waals surface area contributed by atoms with Gasteiger partial charge in [0.15, 0.2) is 6.61 Å². The van der Waals surface area contributed by atoms with Gasteiger partial charge in [0.25, 0.3) is 5.91 Å². The zero-order valence-corrected chi connectivity index (χ0v) is 19.4. The van der Waals surface area contributed by atoms with Crippen molar-refractivity contribution in [3.05, 3.63) is 65.5 Å². The van der Waals surface area contributed by atoms with Crippen molar-refractivity contribution in [3.63, 3.8) is 0 Å². The zero-order chi connectivity index (χ0) is 22.6. The van der Waals surface area contributed by atoms with E-state index in [1.165, 1.54) is 17.7 Å². The molecule has 0 N–H and O–H groups in total. The van der Waals surface area contributed by atoms with Crippen molar-refractivity contribution < 1.29 is 13.9 Å². The minimum absolute atomic E-state index is 0.0127. The first-order valence-electron chi connectivity index (χ1n) is 11.2. The largest absolute Gasteiger partial charge is 0.484 e. The van der Waals surface area contributed by atoms with Crippen LogP contribution in [0, 0.1) is 5.82 Å². The van der Waals surface area contributed by atoms with Crippen LogP contribution in [0.3, 0.4) is 0 Å². The highest BCUT2D eigenvalue weighted by atomic mass is 19.1. The molecule has 1 aliphatic heterocycles. The molecule has 0 spiro atoms. The van der Waals surface area contributed by atoms with Crippen molar-refractivity contribution in [3.8, 4) is 5.75 Å². The van der Waals surface area contributed by atoms with Crippen molar-refractivity contribution in [2.75, 3.05) is 19.7 Å². The monoisotopic (exact) mass is 426 g/mol. The molecule has 5 heteroatoms. The van der Waals surface area contributed by atoms with Gasteiger partial charge < -0.3 is 9.64 Å². The Labute approximate surface area is 186 Å². The Balaban J connectivity index is 1.53. The van der Waals surface area contributed by atoms with Gasteiger partial charge in [-0.25, -0.2) is 4.39 Å². The SMILES string of the molecule is CCC(C)(C)c1ccc(OCC(=O)N2C[C@@H](C)N(Cc3ccc(F)cc3)C[C@@H]2C)cc1. The number of halogens is 1. The molecule has 2 aromatic carbocycles. The third-order valence-electron chi connectivity index (χ3n) is 6.62. The van der Waals surface area contributed by atoms with E-state index in [0.717, 1.165) is 30.8 Å². The van der Waals surface area contributed by atoms with Crippen LogP contribution in [0.2, 0.25) is 0 Å². The molecule has 3 rings (SSSR count). The number of ether oxygens (including phenoxy) is 1. The van der Waals surface area contributed by atoms with E-state index in [1.54, 1.807) is 0 Å². The highest BCUT2D eigenvalue weighted by molar-refractivity contribution is 5.78. The number of hydrogen-bond donors (Lipinski definition) is 0. The van der Waals surface area contributed by atoms with Crippen molar-refractivity contribution in [1.82, 2.24) is 9.80 Å². The quantitative estimate of drug-likeness (QED) is 0.624. The Morgan fingerprint density at radius 2 is 1.68 bits per heavy atom. The molecule has 0 aliphatic carbocycles. The van der Waals surface area contributed by atoms with Crippen LogP contribution >= 0.6 is 0 Å². The van der Waals surface area contributed by atoms with Crippen LogP contribution in [0.25, 0.3) is 0 Å². The number of benzene rings is 2. The number of carbonyl (C=O) groups excluding carboxylic acids is 1. The van der Waals surface area contributed by atoms with E-state index in [2.05, 4.69) is 51.7 Å². The molecule has 1 heterocycles. The third kappa shape index (κ3) is 5.85. The number of piperazine rings is 1. The predicted octanol–water partition coefficient (Wildman–Crippen LogP) is 5.01. The van der Waals surface area contributed by atoms with Gasteiger partial charge in [0.1, 0.15) is 11.6 Å². The molecule has 0 unspecified atom stereocenters. The number of carbonyl (C=O) groups is 1. The molecule has 1 saturated heterocycles. The minimum Gasteiger partial charge on any atom is -0.484 e. The summed E-state index contributed by atoms with van der Waals surface area (Å²) in [6.45, 7) is 13.1. The summed E-state index contributed by atoms with van der Waals surface area (Å²) in [4.78, 5) is 17.1. The van der Waals surface area contributed by atoms with Gasteiger partial charge in [0, 0.05) is 31.7 Å². The molecule has 1 fully saturated rings. The van der Waals surface area contributed by atoms with Crippen LogP contribution < -0.4 is 4.74 Å². The summed E-state index contributed by atoms with van der Waals surface area (Å²) in [5.41, 5.74) is 2.49. The minimum atomic E-state index is -0.218. The molecule has 31 heavy (non-hydrogen) atoms. The standard InChI is InChI=1S/C26H35FN2O2/c1-6-26(4,5)22-9-13-24(14-10-22)31-18-25(30)29-16-19(2)28(15-20(29)3)17-21-7-11-23(27)12-8-21/h7-14,19-20H,6,15-18H2,1-5H3/t19-,20+/m1/s1. The van der Waals surface area contributed by atoms with Gasteiger partial charge in [-0.1, -0.05) is 45.0 Å². The number of nitrogens with zero attached hydrogens (tertiary/aromatic N) is 2. The van der Waals surface area contributed by atoms with Gasteiger partial charge in [-0.2, -0.15) is 0 Å². The van der Waals surface area contributed by atoms with E-state index in [9.17, 15) is 9.18 Å². The van der Waals surface area contributed by atoms with E-state index in [1.807, 2.05) is 29.2 Å². The summed E-state index contributed by atoms with van der Waals surface area (Å²) in [5, 5.41) is 0. The smallest absolute Gasteiger partial charge is 0.260 e. The molecule has 0 aromatic heterocycles. The van der Waals surface area contributed by atoms with Gasteiger partial charge in [0.2, 0.25) is 0 Å². The average Bonchev–Trinajstić information content (AvgIpc) is 2.76. The fraction of sp³-hybridized carbons (Fsp3) is 0.500. The van der Waals surface area contributed by atoms with Gasteiger partial charge in [0.05, 0.1) is 0 Å². The summed E-state index contributed by atoms with van der Waals surface area (Å²) < 4.78 is 19.0. The van der Waals surface area contributed by atoms with Crippen LogP contribution in [0.5, 0.6) is 5.75 Å². The lowest BCUT2D eigenvalue weighted by atomic mass is 9.82. The van der Waals surface area contributed by atoms with Crippen LogP contribution in [0.1, 0.15) is 52.2 Å². The number of hydrogen-bond acceptors (Lipinski definition) is 3. The molecule has 0 radical (unpaired) electrons. The lowest BCUT2D eigenvalue weighted by Gasteiger charge is -2.44. The second-order valence-corrected chi connectivity index (χ2v) is 9.35. The Bertz CT molecular complexity index is 864. The second kappa shape index (κ2) is 9.82. The highest BCUT2D eigenvalue weighted by Gasteiger charge is 2.32. The van der Waals surface area contributed by atoms with Crippen LogP contribution in [0.15, 0.2) is 48.5 Å². The first-order chi connectivity index (χ1) is 14.7. The van der Waals surface area contributed by atoms with E-state index in [0.29, 0.717) is 6.54 Å². The molecule has 2 atom stereocenters. The summed E-state index contributed by atoms with van der Waals surface area (Å²) in [7, 11) is 0. The summed E-state index contributed by atoms with van der Waals surface area (Å²) >= 11 is 0. The van der Waals surface area contributed by atoms with E-state index < -0.39 is 0 Å². The predicted molar refractivity (Wildman–Crippen MR) is 123 cm³/mol. The molecular formula is C26H35FN2O2. The first kappa shape index (κ1) is 23.3. The Kier molecular flexibility index (Phi) is 7.37. The number of rotatable bonds is 7. The maximum atomic E-state index is 13.2. The van der Waals surface area contributed by atoms with E-state index >= 15 is 0 Å². The lowest BCUT2D eigenvalue weighted by molar-refractivity contribution is -0.139. The summed E-state index contributed by atoms with van der Waals surface area (Å²) in [5.74, 6) is 0.516. The van der Waals surface area contributed by atoms with Crippen molar-refractivity contribution >= 4 is 5.91 Å². The zero-order valence-electron chi connectivity index (χ0n) is 19.4. The summed E-state index contributed by atoms with van der Waals surface area (Å²) in [6, 6.07) is 15.0. The first-order valence-corrected chi connectivity index (χ1v) is 11.2. The van der Waals surface area contributed by atoms with Gasteiger partial charge in [-0.3, -0.25) is 9.69 Å². The van der Waals surface area contributed by atoms with Crippen molar-refractivity contribution in [1.29, 1.82) is 0 Å². The van der Waals surface area contributed by atoms with E-state index in [-0.39, 0.29) is 35.8 Å². The molecule has 1 amide bonds. The van der Waals surface area contributed by atoms with Crippen molar-refractivity contribution in [2.45, 2.75) is 65.1 Å².